The lowest BCUT2D eigenvalue weighted by Gasteiger charge is -2.17. The van der Waals surface area contributed by atoms with E-state index < -0.39 is 0 Å². The fourth-order valence-electron chi connectivity index (χ4n) is 4.16. The Hall–Kier alpha value is -3.77. The molecule has 32 heavy (non-hydrogen) atoms. The Kier molecular flexibility index (Phi) is 5.07. The second-order valence-electron chi connectivity index (χ2n) is 8.26. The molecule has 0 amide bonds. The van der Waals surface area contributed by atoms with Gasteiger partial charge in [-0.2, -0.15) is 5.10 Å². The van der Waals surface area contributed by atoms with Crippen molar-refractivity contribution in [3.05, 3.63) is 87.9 Å². The summed E-state index contributed by atoms with van der Waals surface area (Å²) in [5.41, 5.74) is 1.69. The first-order valence-electron chi connectivity index (χ1n) is 10.6. The van der Waals surface area contributed by atoms with E-state index in [1.807, 2.05) is 85.7 Å². The van der Waals surface area contributed by atoms with Crippen molar-refractivity contribution >= 4 is 32.4 Å². The molecule has 160 valence electrons. The monoisotopic (exact) mass is 424 g/mol. The summed E-state index contributed by atoms with van der Waals surface area (Å²) >= 11 is 0. The minimum absolute atomic E-state index is 0.0636. The molecule has 0 saturated carbocycles. The van der Waals surface area contributed by atoms with Crippen LogP contribution in [0.25, 0.3) is 32.4 Å². The molecule has 6 nitrogen and oxygen atoms in total. The van der Waals surface area contributed by atoms with E-state index in [1.54, 1.807) is 4.68 Å². The highest BCUT2D eigenvalue weighted by atomic mass is 16.3. The summed E-state index contributed by atoms with van der Waals surface area (Å²) in [6.45, 7) is 1.74. The molecule has 6 heteroatoms. The standard InChI is InChI=1S/C26H24N4O2/c1-29(2)14-15-30-26(32)20-12-13-21(27-16-17-8-4-3-5-9-17)23-22(20)24(28-30)18-10-6-7-11-19(18)25(23)31/h3-13,32H,14-16H2,1-2H3. The topological polar surface area (TPSA) is 70.7 Å². The fraction of sp³-hybridized carbons (Fsp3) is 0.192. The smallest absolute Gasteiger partial charge is 0.215 e. The molecule has 0 spiro atoms. The van der Waals surface area contributed by atoms with E-state index in [-0.39, 0.29) is 11.3 Å². The van der Waals surface area contributed by atoms with Crippen LogP contribution in [0.2, 0.25) is 0 Å². The molecule has 1 aromatic heterocycles. The molecule has 5 rings (SSSR count). The predicted octanol–water partition coefficient (Wildman–Crippen LogP) is 3.51. The Balaban J connectivity index is 1.85. The summed E-state index contributed by atoms with van der Waals surface area (Å²) in [6.07, 6.45) is 0. The second-order valence-corrected chi connectivity index (χ2v) is 8.26. The van der Waals surface area contributed by atoms with E-state index in [0.717, 1.165) is 17.5 Å². The molecule has 0 fully saturated rings. The highest BCUT2D eigenvalue weighted by Gasteiger charge is 2.18. The van der Waals surface area contributed by atoms with Gasteiger partial charge in [-0.05, 0) is 31.8 Å². The van der Waals surface area contributed by atoms with Gasteiger partial charge in [0.2, 0.25) is 5.88 Å². The van der Waals surface area contributed by atoms with Gasteiger partial charge in [0.25, 0.3) is 0 Å². The Morgan fingerprint density at radius 3 is 2.38 bits per heavy atom. The number of rotatable bonds is 5. The number of aromatic nitrogens is 2. The van der Waals surface area contributed by atoms with E-state index in [1.165, 1.54) is 0 Å². The van der Waals surface area contributed by atoms with E-state index in [2.05, 4.69) is 0 Å². The molecule has 5 aromatic rings. The van der Waals surface area contributed by atoms with Crippen molar-refractivity contribution in [2.75, 3.05) is 20.6 Å². The lowest BCUT2D eigenvalue weighted by Crippen LogP contribution is -2.21. The lowest BCUT2D eigenvalue weighted by atomic mass is 9.98. The third kappa shape index (κ3) is 3.39. The lowest BCUT2D eigenvalue weighted by molar-refractivity contribution is 0.340. The van der Waals surface area contributed by atoms with Gasteiger partial charge < -0.3 is 10.0 Å². The van der Waals surface area contributed by atoms with E-state index in [9.17, 15) is 9.90 Å². The Morgan fingerprint density at radius 1 is 0.906 bits per heavy atom. The summed E-state index contributed by atoms with van der Waals surface area (Å²) in [7, 11) is 3.96. The van der Waals surface area contributed by atoms with Crippen LogP contribution in [0.3, 0.4) is 0 Å². The van der Waals surface area contributed by atoms with Gasteiger partial charge in [-0.25, -0.2) is 4.68 Å². The van der Waals surface area contributed by atoms with Gasteiger partial charge in [0, 0.05) is 28.1 Å². The van der Waals surface area contributed by atoms with Crippen molar-refractivity contribution in [1.29, 1.82) is 0 Å². The largest absolute Gasteiger partial charge is 0.493 e. The number of benzene rings is 4. The van der Waals surface area contributed by atoms with Crippen molar-refractivity contribution in [1.82, 2.24) is 14.7 Å². The van der Waals surface area contributed by atoms with Crippen LogP contribution in [-0.2, 0) is 13.1 Å². The number of aromatic hydroxyl groups is 1. The zero-order valence-corrected chi connectivity index (χ0v) is 18.1. The minimum Gasteiger partial charge on any atom is -0.493 e. The maximum absolute atomic E-state index is 13.6. The van der Waals surface area contributed by atoms with Gasteiger partial charge in [-0.1, -0.05) is 54.6 Å². The van der Waals surface area contributed by atoms with Crippen molar-refractivity contribution in [3.8, 4) is 5.88 Å². The first-order chi connectivity index (χ1) is 15.5. The maximum Gasteiger partial charge on any atom is 0.215 e. The average Bonchev–Trinajstić information content (AvgIpc) is 2.81. The number of hydrogen-bond donors (Lipinski definition) is 1. The van der Waals surface area contributed by atoms with Crippen molar-refractivity contribution in [3.63, 3.8) is 0 Å². The zero-order chi connectivity index (χ0) is 22.2. The van der Waals surface area contributed by atoms with Gasteiger partial charge in [0.1, 0.15) is 5.52 Å². The molecule has 1 heterocycles. The molecule has 0 radical (unpaired) electrons. The predicted molar refractivity (Wildman–Crippen MR) is 128 cm³/mol. The van der Waals surface area contributed by atoms with E-state index in [0.29, 0.717) is 45.5 Å². The second kappa shape index (κ2) is 8.05. The molecular weight excluding hydrogens is 400 g/mol. The average molecular weight is 425 g/mol. The van der Waals surface area contributed by atoms with Gasteiger partial charge in [-0.3, -0.25) is 9.79 Å². The summed E-state index contributed by atoms with van der Waals surface area (Å²) in [5, 5.41) is 19.6. The van der Waals surface area contributed by atoms with Gasteiger partial charge >= 0.3 is 0 Å². The van der Waals surface area contributed by atoms with Crippen LogP contribution in [0.4, 0.5) is 0 Å². The van der Waals surface area contributed by atoms with Crippen LogP contribution < -0.4 is 10.8 Å². The SMILES string of the molecule is CN(C)CCn1nc2c3ccccc3c(=O)c3c(=NCc4ccccc4)ccc(c1O)c32. The Bertz CT molecular complexity index is 1560. The van der Waals surface area contributed by atoms with Crippen molar-refractivity contribution in [2.24, 2.45) is 4.99 Å². The number of nitrogens with zero attached hydrogens (tertiary/aromatic N) is 4. The molecule has 1 N–H and O–H groups in total. The molecule has 4 aromatic carbocycles. The molecule has 0 aliphatic rings. The number of hydrogen-bond acceptors (Lipinski definition) is 5. The first kappa shape index (κ1) is 20.2. The summed E-state index contributed by atoms with van der Waals surface area (Å²) in [4.78, 5) is 20.4. The van der Waals surface area contributed by atoms with Crippen LogP contribution in [0.1, 0.15) is 5.56 Å². The minimum atomic E-state index is -0.0854. The number of fused-ring (bicyclic) bond motifs is 2. The molecule has 0 aliphatic heterocycles. The van der Waals surface area contributed by atoms with E-state index >= 15 is 0 Å². The molecule has 0 saturated heterocycles. The van der Waals surface area contributed by atoms with Gasteiger partial charge in [-0.15, -0.1) is 0 Å². The van der Waals surface area contributed by atoms with Crippen LogP contribution in [0.15, 0.2) is 76.5 Å². The zero-order valence-electron chi connectivity index (χ0n) is 18.1. The fourth-order valence-corrected chi connectivity index (χ4v) is 4.16. The Labute approximate surface area is 185 Å². The summed E-state index contributed by atoms with van der Waals surface area (Å²) in [6, 6.07) is 21.1. The molecular formula is C26H24N4O2. The highest BCUT2D eigenvalue weighted by Crippen LogP contribution is 2.32. The number of likely N-dealkylation sites (N-methyl/N-ethyl adjacent to an activating group) is 1. The molecule has 0 atom stereocenters. The molecule has 0 unspecified atom stereocenters. The van der Waals surface area contributed by atoms with Crippen LogP contribution in [-0.4, -0.2) is 40.4 Å². The van der Waals surface area contributed by atoms with Crippen LogP contribution in [0.5, 0.6) is 5.88 Å². The maximum atomic E-state index is 13.6. The van der Waals surface area contributed by atoms with E-state index in [4.69, 9.17) is 10.1 Å². The third-order valence-corrected chi connectivity index (χ3v) is 5.81. The third-order valence-electron chi connectivity index (χ3n) is 5.81. The first-order valence-corrected chi connectivity index (χ1v) is 10.6. The van der Waals surface area contributed by atoms with Crippen LogP contribution >= 0.6 is 0 Å². The quantitative estimate of drug-likeness (QED) is 0.346. The normalized spacial score (nSPS) is 12.5. The molecule has 0 aliphatic carbocycles. The van der Waals surface area contributed by atoms with Crippen molar-refractivity contribution < 1.29 is 5.11 Å². The van der Waals surface area contributed by atoms with Crippen molar-refractivity contribution in [2.45, 2.75) is 13.1 Å². The van der Waals surface area contributed by atoms with Gasteiger partial charge in [0.15, 0.2) is 5.43 Å². The summed E-state index contributed by atoms with van der Waals surface area (Å²) in [5.74, 6) is 0.0636. The Morgan fingerprint density at radius 2 is 1.62 bits per heavy atom. The van der Waals surface area contributed by atoms with Crippen LogP contribution in [0, 0.1) is 0 Å². The highest BCUT2D eigenvalue weighted by molar-refractivity contribution is 6.20. The summed E-state index contributed by atoms with van der Waals surface area (Å²) < 4.78 is 1.62. The molecule has 0 bridgehead atoms. The van der Waals surface area contributed by atoms with Gasteiger partial charge in [0.05, 0.1) is 23.8 Å².